The van der Waals surface area contributed by atoms with E-state index >= 15 is 0 Å². The molecule has 1 saturated heterocycles. The molecule has 1 atom stereocenters. The molecule has 112 valence electrons. The van der Waals surface area contributed by atoms with Gasteiger partial charge in [0.15, 0.2) is 11.5 Å². The largest absolute Gasteiger partial charge is 0.370 e. The Bertz CT molecular complexity index is 789. The van der Waals surface area contributed by atoms with Crippen molar-refractivity contribution in [2.45, 2.75) is 6.10 Å². The van der Waals surface area contributed by atoms with Crippen molar-refractivity contribution < 1.29 is 9.13 Å². The van der Waals surface area contributed by atoms with Gasteiger partial charge in [0, 0.05) is 13.1 Å². The molecule has 3 aromatic rings. The molecule has 0 radical (unpaired) electrons. The molecule has 1 aromatic carbocycles. The van der Waals surface area contributed by atoms with Gasteiger partial charge < -0.3 is 9.64 Å². The van der Waals surface area contributed by atoms with Crippen LogP contribution in [0.1, 0.15) is 11.7 Å². The second kappa shape index (κ2) is 5.30. The zero-order chi connectivity index (χ0) is 14.9. The minimum Gasteiger partial charge on any atom is -0.370 e. The number of ether oxygens (including phenoxy) is 1. The van der Waals surface area contributed by atoms with Gasteiger partial charge >= 0.3 is 0 Å². The molecule has 1 aliphatic rings. The predicted molar refractivity (Wildman–Crippen MR) is 75.9 cm³/mol. The van der Waals surface area contributed by atoms with E-state index in [2.05, 4.69) is 25.5 Å². The Labute approximate surface area is 125 Å². The lowest BCUT2D eigenvalue weighted by Gasteiger charge is -2.33. The SMILES string of the molecule is Fc1ccc(C2CN(c3ccc4nnnn4n3)CCO2)cc1. The molecule has 0 N–H and O–H groups in total. The van der Waals surface area contributed by atoms with Crippen molar-refractivity contribution in [2.75, 3.05) is 24.6 Å². The molecule has 0 saturated carbocycles. The second-order valence-electron chi connectivity index (χ2n) is 5.08. The molecule has 7 nitrogen and oxygen atoms in total. The number of aromatic nitrogens is 5. The van der Waals surface area contributed by atoms with E-state index in [-0.39, 0.29) is 11.9 Å². The van der Waals surface area contributed by atoms with Crippen LogP contribution in [0.25, 0.3) is 5.65 Å². The van der Waals surface area contributed by atoms with Crippen molar-refractivity contribution in [3.05, 3.63) is 47.8 Å². The molecular formula is C14H13FN6O. The summed E-state index contributed by atoms with van der Waals surface area (Å²) in [6.45, 7) is 1.96. The van der Waals surface area contributed by atoms with E-state index in [1.807, 2.05) is 12.1 Å². The van der Waals surface area contributed by atoms with E-state index < -0.39 is 0 Å². The van der Waals surface area contributed by atoms with E-state index in [0.29, 0.717) is 18.8 Å². The number of benzene rings is 1. The van der Waals surface area contributed by atoms with Gasteiger partial charge in [0.25, 0.3) is 0 Å². The Morgan fingerprint density at radius 1 is 1.14 bits per heavy atom. The Balaban J connectivity index is 1.58. The monoisotopic (exact) mass is 300 g/mol. The van der Waals surface area contributed by atoms with Crippen LogP contribution in [-0.2, 0) is 4.74 Å². The number of rotatable bonds is 2. The van der Waals surface area contributed by atoms with Crippen LogP contribution in [0, 0.1) is 5.82 Å². The summed E-state index contributed by atoms with van der Waals surface area (Å²) in [7, 11) is 0. The highest BCUT2D eigenvalue weighted by molar-refractivity contribution is 5.45. The third-order valence-electron chi connectivity index (χ3n) is 3.69. The van der Waals surface area contributed by atoms with Gasteiger partial charge in [0.1, 0.15) is 11.9 Å². The van der Waals surface area contributed by atoms with Gasteiger partial charge in [0.05, 0.1) is 6.61 Å². The van der Waals surface area contributed by atoms with Gasteiger partial charge in [0.2, 0.25) is 0 Å². The van der Waals surface area contributed by atoms with E-state index in [1.165, 1.54) is 16.8 Å². The zero-order valence-electron chi connectivity index (χ0n) is 11.6. The van der Waals surface area contributed by atoms with Gasteiger partial charge in [-0.2, -0.15) is 0 Å². The maximum atomic E-state index is 13.0. The van der Waals surface area contributed by atoms with Gasteiger partial charge in [-0.1, -0.05) is 12.1 Å². The van der Waals surface area contributed by atoms with E-state index in [4.69, 9.17) is 4.74 Å². The minimum absolute atomic E-state index is 0.110. The molecule has 1 fully saturated rings. The highest BCUT2D eigenvalue weighted by Gasteiger charge is 2.23. The first-order valence-corrected chi connectivity index (χ1v) is 6.97. The fourth-order valence-corrected chi connectivity index (χ4v) is 2.55. The standard InChI is InChI=1S/C14H13FN6O/c15-11-3-1-10(2-4-11)12-9-20(7-8-22-12)14-6-5-13-16-18-19-21(13)17-14/h1-6,12H,7-9H2. The van der Waals surface area contributed by atoms with Crippen LogP contribution in [0.5, 0.6) is 0 Å². The molecule has 1 unspecified atom stereocenters. The molecule has 0 bridgehead atoms. The number of tetrazole rings is 1. The minimum atomic E-state index is -0.248. The Kier molecular flexibility index (Phi) is 3.15. The summed E-state index contributed by atoms with van der Waals surface area (Å²) in [4.78, 5) is 2.11. The summed E-state index contributed by atoms with van der Waals surface area (Å²) < 4.78 is 20.2. The number of halogens is 1. The molecule has 8 heteroatoms. The summed E-state index contributed by atoms with van der Waals surface area (Å²) in [5.74, 6) is 0.539. The summed E-state index contributed by atoms with van der Waals surface area (Å²) in [5, 5.41) is 15.6. The van der Waals surface area contributed by atoms with Crippen molar-refractivity contribution in [1.82, 2.24) is 25.3 Å². The first-order valence-electron chi connectivity index (χ1n) is 6.97. The van der Waals surface area contributed by atoms with Crippen LogP contribution in [-0.4, -0.2) is 45.0 Å². The Morgan fingerprint density at radius 3 is 2.86 bits per heavy atom. The number of fused-ring (bicyclic) bond motifs is 1. The molecule has 22 heavy (non-hydrogen) atoms. The first kappa shape index (κ1) is 13.1. The fourth-order valence-electron chi connectivity index (χ4n) is 2.55. The lowest BCUT2D eigenvalue weighted by Crippen LogP contribution is -2.39. The van der Waals surface area contributed by atoms with Crippen LogP contribution in [0.2, 0.25) is 0 Å². The highest BCUT2D eigenvalue weighted by Crippen LogP contribution is 2.25. The average molecular weight is 300 g/mol. The first-order chi connectivity index (χ1) is 10.8. The molecule has 3 heterocycles. The summed E-state index contributed by atoms with van der Waals surface area (Å²) >= 11 is 0. The van der Waals surface area contributed by atoms with Crippen molar-refractivity contribution in [3.63, 3.8) is 0 Å². The smallest absolute Gasteiger partial charge is 0.200 e. The van der Waals surface area contributed by atoms with E-state index in [9.17, 15) is 4.39 Å². The maximum absolute atomic E-state index is 13.0. The number of nitrogens with zero attached hydrogens (tertiary/aromatic N) is 6. The van der Waals surface area contributed by atoms with Gasteiger partial charge in [-0.15, -0.1) is 14.8 Å². The van der Waals surface area contributed by atoms with Crippen LogP contribution in [0.15, 0.2) is 36.4 Å². The Morgan fingerprint density at radius 2 is 2.00 bits per heavy atom. The number of morpholine rings is 1. The summed E-state index contributed by atoms with van der Waals surface area (Å²) in [5.41, 5.74) is 1.56. The van der Waals surface area contributed by atoms with Crippen LogP contribution < -0.4 is 4.90 Å². The molecule has 1 aliphatic heterocycles. The maximum Gasteiger partial charge on any atom is 0.200 e. The number of hydrogen-bond donors (Lipinski definition) is 0. The molecule has 2 aromatic heterocycles. The average Bonchev–Trinajstić information content (AvgIpc) is 3.03. The summed E-state index contributed by atoms with van der Waals surface area (Å²) in [6.07, 6.45) is -0.110. The number of anilines is 1. The van der Waals surface area contributed by atoms with Crippen LogP contribution >= 0.6 is 0 Å². The zero-order valence-corrected chi connectivity index (χ0v) is 11.6. The lowest BCUT2D eigenvalue weighted by atomic mass is 10.1. The predicted octanol–water partition coefficient (Wildman–Crippen LogP) is 1.24. The fraction of sp³-hybridized carbons (Fsp3) is 0.286. The molecule has 4 rings (SSSR count). The van der Waals surface area contributed by atoms with E-state index in [0.717, 1.165) is 17.9 Å². The quantitative estimate of drug-likeness (QED) is 0.709. The third-order valence-corrected chi connectivity index (χ3v) is 3.69. The van der Waals surface area contributed by atoms with Gasteiger partial charge in [-0.05, 0) is 40.3 Å². The molecule has 0 aliphatic carbocycles. The molecule has 0 spiro atoms. The van der Waals surface area contributed by atoms with Crippen molar-refractivity contribution >= 4 is 11.5 Å². The van der Waals surface area contributed by atoms with Crippen molar-refractivity contribution in [2.24, 2.45) is 0 Å². The van der Waals surface area contributed by atoms with E-state index in [1.54, 1.807) is 12.1 Å². The lowest BCUT2D eigenvalue weighted by molar-refractivity contribution is 0.0394. The Hall–Kier alpha value is -2.61. The van der Waals surface area contributed by atoms with Crippen LogP contribution in [0.4, 0.5) is 10.2 Å². The number of hydrogen-bond acceptors (Lipinski definition) is 6. The summed E-state index contributed by atoms with van der Waals surface area (Å²) in [6, 6.07) is 10.1. The molecular weight excluding hydrogens is 287 g/mol. The van der Waals surface area contributed by atoms with Gasteiger partial charge in [-0.3, -0.25) is 0 Å². The van der Waals surface area contributed by atoms with Gasteiger partial charge in [-0.25, -0.2) is 4.39 Å². The molecule has 0 amide bonds. The topological polar surface area (TPSA) is 68.4 Å². The van der Waals surface area contributed by atoms with Crippen LogP contribution in [0.3, 0.4) is 0 Å². The highest BCUT2D eigenvalue weighted by atomic mass is 19.1. The normalized spacial score (nSPS) is 18.8. The van der Waals surface area contributed by atoms with Crippen molar-refractivity contribution in [3.8, 4) is 0 Å². The third kappa shape index (κ3) is 2.37. The second-order valence-corrected chi connectivity index (χ2v) is 5.08. The van der Waals surface area contributed by atoms with Crippen molar-refractivity contribution in [1.29, 1.82) is 0 Å².